The predicted molar refractivity (Wildman–Crippen MR) is 72.2 cm³/mol. The molecule has 0 unspecified atom stereocenters. The highest BCUT2D eigenvalue weighted by Gasteiger charge is 2.00. The summed E-state index contributed by atoms with van der Waals surface area (Å²) in [5, 5.41) is 12.2. The zero-order valence-electron chi connectivity index (χ0n) is 10.6. The summed E-state index contributed by atoms with van der Waals surface area (Å²) in [4.78, 5) is 4.40. The Bertz CT molecular complexity index is 597. The summed E-state index contributed by atoms with van der Waals surface area (Å²) in [6.45, 7) is 4.66. The zero-order valence-corrected chi connectivity index (χ0v) is 10.6. The molecule has 0 fully saturated rings. The van der Waals surface area contributed by atoms with Crippen LogP contribution in [-0.2, 0) is 6.54 Å². The van der Waals surface area contributed by atoms with Crippen LogP contribution in [0.25, 0.3) is 0 Å². The molecule has 1 heterocycles. The van der Waals surface area contributed by atoms with E-state index < -0.39 is 0 Å². The number of pyridine rings is 1. The number of hydrogen-bond donors (Lipinski definition) is 1. The Balaban J connectivity index is 2.09. The van der Waals surface area contributed by atoms with Gasteiger partial charge in [0, 0.05) is 12.2 Å². The van der Waals surface area contributed by atoms with Crippen LogP contribution in [0.3, 0.4) is 0 Å². The molecule has 0 saturated heterocycles. The van der Waals surface area contributed by atoms with E-state index in [9.17, 15) is 0 Å². The highest BCUT2D eigenvalue weighted by atomic mass is 14.9. The van der Waals surface area contributed by atoms with Crippen LogP contribution in [0.5, 0.6) is 0 Å². The molecule has 0 aliphatic rings. The minimum absolute atomic E-state index is 0.688. The van der Waals surface area contributed by atoms with Crippen molar-refractivity contribution in [1.29, 1.82) is 5.26 Å². The van der Waals surface area contributed by atoms with Crippen molar-refractivity contribution in [2.75, 3.05) is 5.32 Å². The Morgan fingerprint density at radius 3 is 2.78 bits per heavy atom. The number of benzene rings is 1. The highest BCUT2D eigenvalue weighted by Crippen LogP contribution is 2.14. The fourth-order valence-corrected chi connectivity index (χ4v) is 1.82. The molecule has 0 aliphatic heterocycles. The van der Waals surface area contributed by atoms with Gasteiger partial charge in [-0.15, -0.1) is 0 Å². The number of nitriles is 1. The average molecular weight is 237 g/mol. The van der Waals surface area contributed by atoms with Gasteiger partial charge >= 0.3 is 0 Å². The molecule has 0 atom stereocenters. The molecule has 0 radical (unpaired) electrons. The maximum absolute atomic E-state index is 8.84. The fourth-order valence-electron chi connectivity index (χ4n) is 1.82. The number of aryl methyl sites for hydroxylation is 2. The summed E-state index contributed by atoms with van der Waals surface area (Å²) in [5.74, 6) is 0. The maximum atomic E-state index is 8.84. The number of anilines is 1. The summed E-state index contributed by atoms with van der Waals surface area (Å²) >= 11 is 0. The minimum atomic E-state index is 0.688. The van der Waals surface area contributed by atoms with Crippen LogP contribution in [0.1, 0.15) is 22.5 Å². The molecule has 3 nitrogen and oxygen atoms in total. The highest BCUT2D eigenvalue weighted by molar-refractivity contribution is 5.48. The topological polar surface area (TPSA) is 48.7 Å². The van der Waals surface area contributed by atoms with Crippen molar-refractivity contribution >= 4 is 5.69 Å². The lowest BCUT2D eigenvalue weighted by molar-refractivity contribution is 1.08. The Labute approximate surface area is 107 Å². The number of nitrogens with one attached hydrogen (secondary N) is 1. The monoisotopic (exact) mass is 237 g/mol. The number of nitrogens with zero attached hydrogens (tertiary/aromatic N) is 2. The maximum Gasteiger partial charge on any atom is 0.0991 e. The van der Waals surface area contributed by atoms with Gasteiger partial charge in [0.25, 0.3) is 0 Å². The van der Waals surface area contributed by atoms with Crippen molar-refractivity contribution in [2.45, 2.75) is 20.4 Å². The molecule has 0 aliphatic carbocycles. The first-order valence-electron chi connectivity index (χ1n) is 5.86. The molecule has 0 spiro atoms. The average Bonchev–Trinajstić information content (AvgIpc) is 2.38. The van der Waals surface area contributed by atoms with E-state index in [4.69, 9.17) is 5.26 Å². The quantitative estimate of drug-likeness (QED) is 0.891. The van der Waals surface area contributed by atoms with Crippen molar-refractivity contribution < 1.29 is 0 Å². The second-order valence-corrected chi connectivity index (χ2v) is 4.25. The van der Waals surface area contributed by atoms with E-state index in [1.54, 1.807) is 0 Å². The Kier molecular flexibility index (Phi) is 3.59. The molecule has 1 aromatic carbocycles. The summed E-state index contributed by atoms with van der Waals surface area (Å²) in [5.41, 5.74) is 4.82. The zero-order chi connectivity index (χ0) is 13.0. The van der Waals surface area contributed by atoms with Gasteiger partial charge in [-0.2, -0.15) is 5.26 Å². The fraction of sp³-hybridized carbons (Fsp3) is 0.200. The standard InChI is InChI=1S/C15H15N3/c1-11-6-7-15(12(2)18-11)17-10-14-5-3-4-13(8-14)9-16/h3-8,17H,10H2,1-2H3. The van der Waals surface area contributed by atoms with E-state index in [0.29, 0.717) is 12.1 Å². The molecule has 18 heavy (non-hydrogen) atoms. The van der Waals surface area contributed by atoms with Gasteiger partial charge < -0.3 is 5.32 Å². The molecule has 0 amide bonds. The second-order valence-electron chi connectivity index (χ2n) is 4.25. The Hall–Kier alpha value is -2.34. The third-order valence-corrected chi connectivity index (χ3v) is 2.76. The molecule has 90 valence electrons. The first-order valence-corrected chi connectivity index (χ1v) is 5.86. The first kappa shape index (κ1) is 12.1. The van der Waals surface area contributed by atoms with Gasteiger partial charge in [-0.3, -0.25) is 4.98 Å². The number of aromatic nitrogens is 1. The van der Waals surface area contributed by atoms with Crippen LogP contribution in [0.15, 0.2) is 36.4 Å². The van der Waals surface area contributed by atoms with E-state index in [1.165, 1.54) is 0 Å². The summed E-state index contributed by atoms with van der Waals surface area (Å²) in [6, 6.07) is 13.8. The van der Waals surface area contributed by atoms with Crippen molar-refractivity contribution in [3.05, 3.63) is 58.9 Å². The van der Waals surface area contributed by atoms with Crippen molar-refractivity contribution in [3.63, 3.8) is 0 Å². The smallest absolute Gasteiger partial charge is 0.0991 e. The lowest BCUT2D eigenvalue weighted by atomic mass is 10.1. The molecule has 3 heteroatoms. The Morgan fingerprint density at radius 2 is 2.06 bits per heavy atom. The summed E-state index contributed by atoms with van der Waals surface area (Å²) in [7, 11) is 0. The molecule has 1 N–H and O–H groups in total. The SMILES string of the molecule is Cc1ccc(NCc2cccc(C#N)c2)c(C)n1. The van der Waals surface area contributed by atoms with Crippen molar-refractivity contribution in [1.82, 2.24) is 4.98 Å². The molecule has 2 aromatic rings. The van der Waals surface area contributed by atoms with E-state index in [0.717, 1.165) is 22.6 Å². The van der Waals surface area contributed by atoms with Gasteiger partial charge in [0.05, 0.1) is 23.0 Å². The molecule has 2 rings (SSSR count). The van der Waals surface area contributed by atoms with Crippen LogP contribution in [-0.4, -0.2) is 4.98 Å². The summed E-state index contributed by atoms with van der Waals surface area (Å²) in [6.07, 6.45) is 0. The molecular formula is C15H15N3. The van der Waals surface area contributed by atoms with Gasteiger partial charge in [0.2, 0.25) is 0 Å². The molecule has 1 aromatic heterocycles. The van der Waals surface area contributed by atoms with Crippen LogP contribution in [0.2, 0.25) is 0 Å². The predicted octanol–water partition coefficient (Wildman–Crippen LogP) is 3.18. The van der Waals surface area contributed by atoms with Gasteiger partial charge in [0.15, 0.2) is 0 Å². The van der Waals surface area contributed by atoms with Crippen LogP contribution < -0.4 is 5.32 Å². The van der Waals surface area contributed by atoms with Crippen molar-refractivity contribution in [3.8, 4) is 6.07 Å². The van der Waals surface area contributed by atoms with Crippen LogP contribution in [0, 0.1) is 25.2 Å². The molecular weight excluding hydrogens is 222 g/mol. The largest absolute Gasteiger partial charge is 0.380 e. The Morgan fingerprint density at radius 1 is 1.22 bits per heavy atom. The summed E-state index contributed by atoms with van der Waals surface area (Å²) < 4.78 is 0. The third-order valence-electron chi connectivity index (χ3n) is 2.76. The van der Waals surface area contributed by atoms with Crippen LogP contribution >= 0.6 is 0 Å². The third kappa shape index (κ3) is 2.86. The lowest BCUT2D eigenvalue weighted by Gasteiger charge is -2.09. The number of rotatable bonds is 3. The van der Waals surface area contributed by atoms with E-state index in [2.05, 4.69) is 16.4 Å². The van der Waals surface area contributed by atoms with Gasteiger partial charge in [-0.05, 0) is 43.7 Å². The van der Waals surface area contributed by atoms with Gasteiger partial charge in [-0.25, -0.2) is 0 Å². The second kappa shape index (κ2) is 5.33. The minimum Gasteiger partial charge on any atom is -0.380 e. The van der Waals surface area contributed by atoms with E-state index >= 15 is 0 Å². The van der Waals surface area contributed by atoms with E-state index in [-0.39, 0.29) is 0 Å². The van der Waals surface area contributed by atoms with E-state index in [1.807, 2.05) is 50.2 Å². The molecule has 0 bridgehead atoms. The first-order chi connectivity index (χ1) is 8.69. The van der Waals surface area contributed by atoms with Crippen LogP contribution in [0.4, 0.5) is 5.69 Å². The normalized spacial score (nSPS) is 9.83. The van der Waals surface area contributed by atoms with Gasteiger partial charge in [-0.1, -0.05) is 12.1 Å². The molecule has 0 saturated carbocycles. The van der Waals surface area contributed by atoms with Crippen molar-refractivity contribution in [2.24, 2.45) is 0 Å². The number of hydrogen-bond acceptors (Lipinski definition) is 3. The van der Waals surface area contributed by atoms with Gasteiger partial charge in [0.1, 0.15) is 0 Å². The lowest BCUT2D eigenvalue weighted by Crippen LogP contribution is -2.02.